The van der Waals surface area contributed by atoms with Crippen molar-refractivity contribution in [3.05, 3.63) is 72.8 Å². The summed E-state index contributed by atoms with van der Waals surface area (Å²) >= 11 is 0. The number of benzene rings is 1. The summed E-state index contributed by atoms with van der Waals surface area (Å²) in [7, 11) is 5.41. The van der Waals surface area contributed by atoms with E-state index in [1.807, 2.05) is 49.5 Å². The summed E-state index contributed by atoms with van der Waals surface area (Å²) in [6.45, 7) is 1.98. The average molecular weight is 525 g/mol. The first-order valence-corrected chi connectivity index (χ1v) is 12.1. The van der Waals surface area contributed by atoms with Gasteiger partial charge in [-0.15, -0.1) is 0 Å². The highest BCUT2D eigenvalue weighted by Gasteiger charge is 2.15. The number of ether oxygens (including phenoxy) is 2. The fraction of sp³-hybridized carbons (Fsp3) is 0.207. The van der Waals surface area contributed by atoms with Crippen LogP contribution < -0.4 is 10.1 Å². The molecule has 3 aromatic heterocycles. The van der Waals surface area contributed by atoms with Gasteiger partial charge in [-0.3, -0.25) is 14.2 Å². The van der Waals surface area contributed by atoms with Crippen molar-refractivity contribution in [1.29, 1.82) is 5.26 Å². The molecule has 1 N–H and O–H groups in total. The van der Waals surface area contributed by atoms with E-state index in [1.54, 1.807) is 42.3 Å². The zero-order valence-corrected chi connectivity index (χ0v) is 22.1. The number of aromatic nitrogens is 3. The van der Waals surface area contributed by atoms with E-state index in [1.165, 1.54) is 13.0 Å². The SMILES string of the molecule is COc1cc(NC(=O)C=CCN(C)C)cc(-c2cnc3c(c2)c(-c2ccnc(C#N)c2)cn3COC(C)=O)c1. The molecule has 0 unspecified atom stereocenters. The van der Waals surface area contributed by atoms with Crippen LogP contribution >= 0.6 is 0 Å². The molecule has 0 atom stereocenters. The van der Waals surface area contributed by atoms with Gasteiger partial charge in [0.15, 0.2) is 6.73 Å². The van der Waals surface area contributed by atoms with Gasteiger partial charge in [-0.05, 0) is 55.6 Å². The maximum absolute atomic E-state index is 12.4. The number of nitrogens with zero attached hydrogens (tertiary/aromatic N) is 5. The van der Waals surface area contributed by atoms with Gasteiger partial charge in [0, 0.05) is 66.4 Å². The van der Waals surface area contributed by atoms with Crippen LogP contribution in [-0.4, -0.2) is 59.1 Å². The van der Waals surface area contributed by atoms with Crippen molar-refractivity contribution in [2.45, 2.75) is 13.7 Å². The van der Waals surface area contributed by atoms with Gasteiger partial charge in [0.25, 0.3) is 0 Å². The number of carbonyl (C=O) groups is 2. The molecule has 0 aliphatic heterocycles. The lowest BCUT2D eigenvalue weighted by atomic mass is 10.0. The first kappa shape index (κ1) is 27.0. The minimum Gasteiger partial charge on any atom is -0.497 e. The lowest BCUT2D eigenvalue weighted by Gasteiger charge is -2.11. The van der Waals surface area contributed by atoms with E-state index in [4.69, 9.17) is 9.47 Å². The first-order valence-electron chi connectivity index (χ1n) is 12.1. The molecule has 0 saturated carbocycles. The zero-order valence-electron chi connectivity index (χ0n) is 22.1. The monoisotopic (exact) mass is 524 g/mol. The Bertz CT molecular complexity index is 1600. The van der Waals surface area contributed by atoms with Gasteiger partial charge in [-0.2, -0.15) is 5.26 Å². The van der Waals surface area contributed by atoms with Crippen LogP contribution in [-0.2, 0) is 21.1 Å². The standard InChI is InChI=1S/C29H28N6O4/c1-19(36)39-18-35-17-27(20-7-8-31-24(10-20)15-30)26-13-22(16-32-29(26)35)21-11-23(14-25(12-21)38-4)33-28(37)6-5-9-34(2)3/h5-8,10-14,16-17H,9,18H2,1-4H3,(H,33,37). The molecule has 0 spiro atoms. The largest absolute Gasteiger partial charge is 0.497 e. The Labute approximate surface area is 226 Å². The summed E-state index contributed by atoms with van der Waals surface area (Å²) in [5.74, 6) is -0.0886. The quantitative estimate of drug-likeness (QED) is 0.255. The number of nitrogens with one attached hydrogen (secondary N) is 1. The maximum atomic E-state index is 12.4. The van der Waals surface area contributed by atoms with Gasteiger partial charge in [0.2, 0.25) is 5.91 Å². The number of carbonyl (C=O) groups excluding carboxylic acids is 2. The van der Waals surface area contributed by atoms with Crippen molar-refractivity contribution in [3.8, 4) is 34.1 Å². The lowest BCUT2D eigenvalue weighted by molar-refractivity contribution is -0.144. The van der Waals surface area contributed by atoms with E-state index in [0.29, 0.717) is 23.6 Å². The molecule has 0 bridgehead atoms. The summed E-state index contributed by atoms with van der Waals surface area (Å²) in [6, 6.07) is 13.0. The van der Waals surface area contributed by atoms with Crippen molar-refractivity contribution in [1.82, 2.24) is 19.4 Å². The molecule has 0 aliphatic rings. The number of methoxy groups -OCH3 is 1. The van der Waals surface area contributed by atoms with Crippen LogP contribution in [0.1, 0.15) is 12.6 Å². The van der Waals surface area contributed by atoms with Crippen LogP contribution in [0.4, 0.5) is 5.69 Å². The molecule has 198 valence electrons. The average Bonchev–Trinajstić information content (AvgIpc) is 3.29. The first-order chi connectivity index (χ1) is 18.8. The number of rotatable bonds is 9. The van der Waals surface area contributed by atoms with E-state index in [9.17, 15) is 14.9 Å². The van der Waals surface area contributed by atoms with Crippen LogP contribution in [0.3, 0.4) is 0 Å². The smallest absolute Gasteiger partial charge is 0.304 e. The predicted octanol–water partition coefficient (Wildman–Crippen LogP) is 4.22. The summed E-state index contributed by atoms with van der Waals surface area (Å²) < 4.78 is 12.4. The second-order valence-electron chi connectivity index (χ2n) is 9.02. The molecule has 3 heterocycles. The van der Waals surface area contributed by atoms with Gasteiger partial charge in [0.1, 0.15) is 23.2 Å². The zero-order chi connectivity index (χ0) is 27.9. The number of likely N-dealkylation sites (N-methyl/N-ethyl adjacent to an activating group) is 1. The number of nitriles is 1. The van der Waals surface area contributed by atoms with Crippen LogP contribution in [0.25, 0.3) is 33.3 Å². The number of esters is 1. The number of anilines is 1. The maximum Gasteiger partial charge on any atom is 0.304 e. The predicted molar refractivity (Wildman–Crippen MR) is 148 cm³/mol. The van der Waals surface area contributed by atoms with Crippen molar-refractivity contribution in [2.24, 2.45) is 0 Å². The fourth-order valence-electron chi connectivity index (χ4n) is 3.99. The minimum atomic E-state index is -0.409. The normalized spacial score (nSPS) is 11.1. The van der Waals surface area contributed by atoms with E-state index in [2.05, 4.69) is 21.4 Å². The van der Waals surface area contributed by atoms with E-state index < -0.39 is 5.97 Å². The Kier molecular flexibility index (Phi) is 8.33. The second-order valence-corrected chi connectivity index (χ2v) is 9.02. The van der Waals surface area contributed by atoms with Crippen molar-refractivity contribution < 1.29 is 19.1 Å². The summed E-state index contributed by atoms with van der Waals surface area (Å²) in [6.07, 6.45) is 8.39. The van der Waals surface area contributed by atoms with Crippen LogP contribution in [0.15, 0.2) is 67.1 Å². The molecule has 4 rings (SSSR count). The highest BCUT2D eigenvalue weighted by molar-refractivity contribution is 6.00. The Morgan fingerprint density at radius 1 is 1.13 bits per heavy atom. The van der Waals surface area contributed by atoms with Crippen LogP contribution in [0.2, 0.25) is 0 Å². The van der Waals surface area contributed by atoms with Crippen molar-refractivity contribution in [3.63, 3.8) is 0 Å². The Morgan fingerprint density at radius 2 is 1.95 bits per heavy atom. The van der Waals surface area contributed by atoms with E-state index >= 15 is 0 Å². The molecule has 1 amide bonds. The summed E-state index contributed by atoms with van der Waals surface area (Å²) in [4.78, 5) is 34.6. The second kappa shape index (κ2) is 12.0. The summed E-state index contributed by atoms with van der Waals surface area (Å²) in [5.41, 5.74) is 4.59. The number of fused-ring (bicyclic) bond motifs is 1. The van der Waals surface area contributed by atoms with Gasteiger partial charge in [-0.25, -0.2) is 9.97 Å². The molecule has 10 nitrogen and oxygen atoms in total. The lowest BCUT2D eigenvalue weighted by Crippen LogP contribution is -2.13. The Balaban J connectivity index is 1.77. The molecule has 0 saturated heterocycles. The highest BCUT2D eigenvalue weighted by Crippen LogP contribution is 2.35. The number of amides is 1. The topological polar surface area (TPSA) is 122 Å². The molecule has 4 aromatic rings. The number of hydrogen-bond donors (Lipinski definition) is 1. The molecule has 10 heteroatoms. The fourth-order valence-corrected chi connectivity index (χ4v) is 3.99. The molecular weight excluding hydrogens is 496 g/mol. The Morgan fingerprint density at radius 3 is 2.67 bits per heavy atom. The number of pyridine rings is 2. The van der Waals surface area contributed by atoms with E-state index in [-0.39, 0.29) is 18.3 Å². The van der Waals surface area contributed by atoms with Crippen molar-refractivity contribution >= 4 is 28.6 Å². The molecule has 1 aromatic carbocycles. The summed E-state index contributed by atoms with van der Waals surface area (Å²) in [5, 5.41) is 13.0. The van der Waals surface area contributed by atoms with Gasteiger partial charge >= 0.3 is 5.97 Å². The number of hydrogen-bond acceptors (Lipinski definition) is 8. The molecular formula is C29H28N6O4. The molecule has 0 radical (unpaired) electrons. The van der Waals surface area contributed by atoms with E-state index in [0.717, 1.165) is 27.6 Å². The molecule has 0 fully saturated rings. The van der Waals surface area contributed by atoms with Gasteiger partial charge in [-0.1, -0.05) is 6.08 Å². The highest BCUT2D eigenvalue weighted by atomic mass is 16.5. The van der Waals surface area contributed by atoms with Crippen LogP contribution in [0.5, 0.6) is 5.75 Å². The van der Waals surface area contributed by atoms with Crippen LogP contribution in [0, 0.1) is 11.3 Å². The Hall–Kier alpha value is -5.01. The third-order valence-corrected chi connectivity index (χ3v) is 5.79. The van der Waals surface area contributed by atoms with Crippen molar-refractivity contribution in [2.75, 3.05) is 33.1 Å². The third-order valence-electron chi connectivity index (χ3n) is 5.79. The minimum absolute atomic E-state index is 0.00888. The van der Waals surface area contributed by atoms with Gasteiger partial charge < -0.3 is 19.7 Å². The third kappa shape index (κ3) is 6.66. The molecule has 0 aliphatic carbocycles. The molecule has 39 heavy (non-hydrogen) atoms. The van der Waals surface area contributed by atoms with Gasteiger partial charge in [0.05, 0.1) is 7.11 Å².